The summed E-state index contributed by atoms with van der Waals surface area (Å²) in [6.07, 6.45) is 1.72. The van der Waals surface area contributed by atoms with E-state index in [9.17, 15) is 0 Å². The number of hydrogen-bond donors (Lipinski definition) is 2. The molecule has 0 amide bonds. The third kappa shape index (κ3) is 3.68. The van der Waals surface area contributed by atoms with Crippen LogP contribution in [0, 0.1) is 0 Å². The van der Waals surface area contributed by atoms with E-state index < -0.39 is 0 Å². The maximum Gasteiger partial charge on any atom is 0.213 e. The van der Waals surface area contributed by atoms with E-state index in [2.05, 4.69) is 26.2 Å². The SMILES string of the molecule is COc1cc(CNc2ccc(C(N)=S)c(Br)c2)ccn1. The van der Waals surface area contributed by atoms with Gasteiger partial charge in [0, 0.05) is 34.5 Å². The van der Waals surface area contributed by atoms with Gasteiger partial charge in [-0.1, -0.05) is 12.2 Å². The predicted molar refractivity (Wildman–Crippen MR) is 88.1 cm³/mol. The molecule has 0 unspecified atom stereocenters. The van der Waals surface area contributed by atoms with Gasteiger partial charge in [-0.15, -0.1) is 0 Å². The first kappa shape index (κ1) is 14.7. The molecular weight excluding hydrogens is 338 g/mol. The maximum absolute atomic E-state index is 5.62. The Morgan fingerprint density at radius 3 is 2.85 bits per heavy atom. The molecule has 0 saturated carbocycles. The Kier molecular flexibility index (Phi) is 4.92. The molecule has 6 heteroatoms. The molecule has 0 fully saturated rings. The number of nitrogens with one attached hydrogen (secondary N) is 1. The summed E-state index contributed by atoms with van der Waals surface area (Å²) in [6.45, 7) is 0.678. The highest BCUT2D eigenvalue weighted by Gasteiger charge is 2.04. The minimum absolute atomic E-state index is 0.377. The number of hydrogen-bond acceptors (Lipinski definition) is 4. The number of nitrogens with two attached hydrogens (primary N) is 1. The smallest absolute Gasteiger partial charge is 0.213 e. The van der Waals surface area contributed by atoms with E-state index >= 15 is 0 Å². The van der Waals surface area contributed by atoms with E-state index in [0.29, 0.717) is 17.4 Å². The first-order chi connectivity index (χ1) is 9.60. The van der Waals surface area contributed by atoms with Crippen LogP contribution in [-0.2, 0) is 6.54 Å². The lowest BCUT2D eigenvalue weighted by Gasteiger charge is -2.09. The summed E-state index contributed by atoms with van der Waals surface area (Å²) in [6, 6.07) is 9.62. The van der Waals surface area contributed by atoms with Gasteiger partial charge in [0.25, 0.3) is 0 Å². The Hall–Kier alpha value is -1.66. The number of halogens is 1. The molecule has 0 spiro atoms. The summed E-state index contributed by atoms with van der Waals surface area (Å²) in [5, 5.41) is 3.32. The van der Waals surface area contributed by atoms with Crippen molar-refractivity contribution < 1.29 is 4.74 Å². The molecular formula is C14H14BrN3OS. The minimum atomic E-state index is 0.377. The van der Waals surface area contributed by atoms with Crippen LogP contribution in [0.5, 0.6) is 5.88 Å². The second-order valence-electron chi connectivity index (χ2n) is 4.12. The summed E-state index contributed by atoms with van der Waals surface area (Å²) in [5.74, 6) is 0.606. The van der Waals surface area contributed by atoms with Crippen LogP contribution in [0.1, 0.15) is 11.1 Å². The topological polar surface area (TPSA) is 60.2 Å². The lowest BCUT2D eigenvalue weighted by atomic mass is 10.2. The fraction of sp³-hybridized carbons (Fsp3) is 0.143. The monoisotopic (exact) mass is 351 g/mol. The van der Waals surface area contributed by atoms with Gasteiger partial charge >= 0.3 is 0 Å². The molecule has 0 saturated heterocycles. The van der Waals surface area contributed by atoms with Crippen molar-refractivity contribution in [3.8, 4) is 5.88 Å². The number of thiocarbonyl (C=S) groups is 1. The van der Waals surface area contributed by atoms with Crippen LogP contribution in [0.25, 0.3) is 0 Å². The van der Waals surface area contributed by atoms with Crippen molar-refractivity contribution in [2.75, 3.05) is 12.4 Å². The van der Waals surface area contributed by atoms with E-state index in [1.165, 1.54) is 0 Å². The van der Waals surface area contributed by atoms with E-state index in [4.69, 9.17) is 22.7 Å². The third-order valence-corrected chi connectivity index (χ3v) is 3.62. The zero-order chi connectivity index (χ0) is 14.5. The number of benzene rings is 1. The Balaban J connectivity index is 2.07. The Bertz CT molecular complexity index is 634. The van der Waals surface area contributed by atoms with Gasteiger partial charge in [-0.05, 0) is 45.8 Å². The minimum Gasteiger partial charge on any atom is -0.481 e. The van der Waals surface area contributed by atoms with E-state index in [1.807, 2.05) is 30.3 Å². The van der Waals surface area contributed by atoms with Crippen molar-refractivity contribution in [2.45, 2.75) is 6.54 Å². The molecule has 2 aromatic rings. The van der Waals surface area contributed by atoms with E-state index in [-0.39, 0.29) is 0 Å². The average Bonchev–Trinajstić information content (AvgIpc) is 2.45. The summed E-state index contributed by atoms with van der Waals surface area (Å²) in [7, 11) is 1.60. The standard InChI is InChI=1S/C14H14BrN3OS/c1-19-13-6-9(4-5-17-13)8-18-10-2-3-11(14(16)20)12(15)7-10/h2-7,18H,8H2,1H3,(H2,16,20). The first-order valence-electron chi connectivity index (χ1n) is 5.92. The Labute approximate surface area is 131 Å². The van der Waals surface area contributed by atoms with Crippen molar-refractivity contribution >= 4 is 38.8 Å². The number of ether oxygens (including phenoxy) is 1. The van der Waals surface area contributed by atoms with Crippen LogP contribution in [0.4, 0.5) is 5.69 Å². The molecule has 4 nitrogen and oxygen atoms in total. The fourth-order valence-electron chi connectivity index (χ4n) is 1.70. The fourth-order valence-corrected chi connectivity index (χ4v) is 2.60. The van der Waals surface area contributed by atoms with E-state index in [1.54, 1.807) is 13.3 Å². The number of aromatic nitrogens is 1. The summed E-state index contributed by atoms with van der Waals surface area (Å²) in [5.41, 5.74) is 8.52. The molecule has 1 aromatic heterocycles. The van der Waals surface area contributed by atoms with Crippen molar-refractivity contribution in [2.24, 2.45) is 5.73 Å². The van der Waals surface area contributed by atoms with Crippen LogP contribution >= 0.6 is 28.1 Å². The first-order valence-corrected chi connectivity index (χ1v) is 7.12. The van der Waals surface area contributed by atoms with Crippen LogP contribution in [0.2, 0.25) is 0 Å². The van der Waals surface area contributed by atoms with Crippen LogP contribution in [-0.4, -0.2) is 17.1 Å². The second-order valence-corrected chi connectivity index (χ2v) is 5.41. The predicted octanol–water partition coefficient (Wildman–Crippen LogP) is 3.10. The van der Waals surface area contributed by atoms with Gasteiger partial charge in [0.2, 0.25) is 5.88 Å². The normalized spacial score (nSPS) is 10.1. The molecule has 0 bridgehead atoms. The molecule has 0 aliphatic rings. The maximum atomic E-state index is 5.62. The number of anilines is 1. The molecule has 0 aliphatic carbocycles. The second kappa shape index (κ2) is 6.67. The summed E-state index contributed by atoms with van der Waals surface area (Å²) >= 11 is 8.43. The van der Waals surface area contributed by atoms with Crippen LogP contribution < -0.4 is 15.8 Å². The highest BCUT2D eigenvalue weighted by molar-refractivity contribution is 9.10. The van der Waals surface area contributed by atoms with Gasteiger partial charge < -0.3 is 15.8 Å². The van der Waals surface area contributed by atoms with Gasteiger partial charge in [0.05, 0.1) is 7.11 Å². The molecule has 0 radical (unpaired) electrons. The van der Waals surface area contributed by atoms with Gasteiger partial charge in [-0.25, -0.2) is 4.98 Å². The molecule has 1 heterocycles. The molecule has 0 atom stereocenters. The Morgan fingerprint density at radius 1 is 1.40 bits per heavy atom. The highest BCUT2D eigenvalue weighted by atomic mass is 79.9. The van der Waals surface area contributed by atoms with E-state index in [0.717, 1.165) is 21.3 Å². The lowest BCUT2D eigenvalue weighted by Crippen LogP contribution is -2.10. The Morgan fingerprint density at radius 2 is 2.20 bits per heavy atom. The number of methoxy groups -OCH3 is 1. The average molecular weight is 352 g/mol. The van der Waals surface area contributed by atoms with Gasteiger partial charge in [-0.3, -0.25) is 0 Å². The number of pyridine rings is 1. The molecule has 2 rings (SSSR count). The lowest BCUT2D eigenvalue weighted by molar-refractivity contribution is 0.397. The zero-order valence-corrected chi connectivity index (χ0v) is 13.3. The molecule has 20 heavy (non-hydrogen) atoms. The molecule has 104 valence electrons. The largest absolute Gasteiger partial charge is 0.481 e. The van der Waals surface area contributed by atoms with Crippen LogP contribution in [0.15, 0.2) is 41.0 Å². The molecule has 1 aromatic carbocycles. The van der Waals surface area contributed by atoms with Crippen molar-refractivity contribution in [1.29, 1.82) is 0 Å². The summed E-state index contributed by atoms with van der Waals surface area (Å²) < 4.78 is 5.97. The van der Waals surface area contributed by atoms with Gasteiger partial charge in [0.1, 0.15) is 4.99 Å². The highest BCUT2D eigenvalue weighted by Crippen LogP contribution is 2.22. The quantitative estimate of drug-likeness (QED) is 0.810. The van der Waals surface area contributed by atoms with Crippen molar-refractivity contribution in [1.82, 2.24) is 4.98 Å². The molecule has 3 N–H and O–H groups in total. The van der Waals surface area contributed by atoms with Gasteiger partial charge in [-0.2, -0.15) is 0 Å². The third-order valence-electron chi connectivity index (χ3n) is 2.74. The van der Waals surface area contributed by atoms with Crippen molar-refractivity contribution in [3.63, 3.8) is 0 Å². The number of nitrogens with zero attached hydrogens (tertiary/aromatic N) is 1. The van der Waals surface area contributed by atoms with Gasteiger partial charge in [0.15, 0.2) is 0 Å². The van der Waals surface area contributed by atoms with Crippen LogP contribution in [0.3, 0.4) is 0 Å². The van der Waals surface area contributed by atoms with Crippen molar-refractivity contribution in [3.05, 3.63) is 52.1 Å². The summed E-state index contributed by atoms with van der Waals surface area (Å²) in [4.78, 5) is 4.45. The number of rotatable bonds is 5. The molecule has 0 aliphatic heterocycles. The zero-order valence-electron chi connectivity index (χ0n) is 10.9.